The van der Waals surface area contributed by atoms with Crippen molar-refractivity contribution in [2.45, 2.75) is 32.7 Å². The number of thiazole rings is 1. The fraction of sp³-hybridized carbons (Fsp3) is 0.429. The number of hydrogen-bond acceptors (Lipinski definition) is 6. The molecule has 2 rings (SSSR count). The molecule has 0 saturated heterocycles. The van der Waals surface area contributed by atoms with E-state index < -0.39 is 6.04 Å². The molecule has 9 heteroatoms. The van der Waals surface area contributed by atoms with Crippen LogP contribution in [0.25, 0.3) is 0 Å². The van der Waals surface area contributed by atoms with Gasteiger partial charge in [-0.1, -0.05) is 6.92 Å². The molecule has 0 bridgehead atoms. The number of ether oxygens (including phenoxy) is 1. The fourth-order valence-electron chi connectivity index (χ4n) is 1.97. The third kappa shape index (κ3) is 4.87. The monoisotopic (exact) mass is 400 g/mol. The summed E-state index contributed by atoms with van der Waals surface area (Å²) >= 11 is 4.59. The highest BCUT2D eigenvalue weighted by atomic mass is 79.9. The molecule has 0 aliphatic heterocycles. The highest BCUT2D eigenvalue weighted by Crippen LogP contribution is 2.20. The lowest BCUT2D eigenvalue weighted by Gasteiger charge is -2.14. The summed E-state index contributed by atoms with van der Waals surface area (Å²) in [6.07, 6.45) is 4.09. The second-order valence-electron chi connectivity index (χ2n) is 4.68. The van der Waals surface area contributed by atoms with Gasteiger partial charge in [-0.15, -0.1) is 11.3 Å². The minimum Gasteiger partial charge on any atom is -0.466 e. The molecule has 2 aromatic rings. The Kier molecular flexibility index (Phi) is 6.28. The van der Waals surface area contributed by atoms with Crippen molar-refractivity contribution in [1.29, 1.82) is 0 Å². The number of amides is 1. The van der Waals surface area contributed by atoms with E-state index in [2.05, 4.69) is 31.3 Å². The molecule has 1 amide bonds. The standard InChI is InChI=1S/C14H17BrN4O3S/c1-3-11(19-7-9(15)6-16-19)13(21)18-14-17-10(8-23-14)5-12(20)22-4-2/h6-8,11H,3-5H2,1-2H3,(H,17,18,21). The Morgan fingerprint density at radius 3 is 2.87 bits per heavy atom. The Hall–Kier alpha value is -1.74. The van der Waals surface area contributed by atoms with Gasteiger partial charge in [0.1, 0.15) is 6.04 Å². The van der Waals surface area contributed by atoms with Crippen LogP contribution in [0, 0.1) is 0 Å². The van der Waals surface area contributed by atoms with Crippen LogP contribution in [-0.4, -0.2) is 33.2 Å². The van der Waals surface area contributed by atoms with Gasteiger partial charge in [-0.05, 0) is 29.3 Å². The predicted octanol–water partition coefficient (Wildman–Crippen LogP) is 2.80. The highest BCUT2D eigenvalue weighted by molar-refractivity contribution is 9.10. The van der Waals surface area contributed by atoms with Gasteiger partial charge >= 0.3 is 5.97 Å². The molecule has 0 saturated carbocycles. The summed E-state index contributed by atoms with van der Waals surface area (Å²) in [4.78, 5) is 28.0. The maximum atomic E-state index is 12.4. The van der Waals surface area contributed by atoms with Gasteiger partial charge in [-0.3, -0.25) is 14.3 Å². The van der Waals surface area contributed by atoms with Gasteiger partial charge in [0.25, 0.3) is 5.91 Å². The number of hydrogen-bond donors (Lipinski definition) is 1. The average Bonchev–Trinajstić information content (AvgIpc) is 3.09. The molecule has 1 N–H and O–H groups in total. The SMILES string of the molecule is CCOC(=O)Cc1csc(NC(=O)C(CC)n2cc(Br)cn2)n1. The van der Waals surface area contributed by atoms with Gasteiger partial charge in [-0.25, -0.2) is 4.98 Å². The van der Waals surface area contributed by atoms with Crippen molar-refractivity contribution < 1.29 is 14.3 Å². The molecule has 7 nitrogen and oxygen atoms in total. The molecule has 23 heavy (non-hydrogen) atoms. The molecule has 2 aromatic heterocycles. The number of nitrogens with zero attached hydrogens (tertiary/aromatic N) is 3. The molecule has 2 heterocycles. The first-order valence-electron chi connectivity index (χ1n) is 7.14. The van der Waals surface area contributed by atoms with Crippen LogP contribution in [-0.2, 0) is 20.7 Å². The molecular formula is C14H17BrN4O3S. The van der Waals surface area contributed by atoms with Crippen LogP contribution in [0.3, 0.4) is 0 Å². The third-order valence-corrected chi connectivity index (χ3v) is 4.21. The number of rotatable bonds is 7. The Labute approximate surface area is 146 Å². The zero-order valence-electron chi connectivity index (χ0n) is 12.8. The summed E-state index contributed by atoms with van der Waals surface area (Å²) in [6, 6.07) is -0.418. The number of carbonyl (C=O) groups is 2. The minimum atomic E-state index is -0.418. The van der Waals surface area contributed by atoms with Crippen molar-refractivity contribution in [3.63, 3.8) is 0 Å². The fourth-order valence-corrected chi connectivity index (χ4v) is 2.99. The normalized spacial score (nSPS) is 12.0. The Balaban J connectivity index is 1.99. The van der Waals surface area contributed by atoms with E-state index in [0.717, 1.165) is 4.47 Å². The average molecular weight is 401 g/mol. The topological polar surface area (TPSA) is 86.1 Å². The van der Waals surface area contributed by atoms with E-state index in [1.165, 1.54) is 11.3 Å². The molecule has 0 aliphatic rings. The second-order valence-corrected chi connectivity index (χ2v) is 6.45. The van der Waals surface area contributed by atoms with E-state index in [4.69, 9.17) is 4.74 Å². The molecular weight excluding hydrogens is 384 g/mol. The van der Waals surface area contributed by atoms with Gasteiger partial charge in [-0.2, -0.15) is 5.10 Å². The lowest BCUT2D eigenvalue weighted by molar-refractivity contribution is -0.142. The van der Waals surface area contributed by atoms with Crippen molar-refractivity contribution in [2.24, 2.45) is 0 Å². The minimum absolute atomic E-state index is 0.101. The Bertz CT molecular complexity index is 685. The molecule has 0 aromatic carbocycles. The molecule has 0 fully saturated rings. The van der Waals surface area contributed by atoms with Crippen molar-refractivity contribution >= 4 is 44.3 Å². The van der Waals surface area contributed by atoms with Crippen LogP contribution < -0.4 is 5.32 Å². The van der Waals surface area contributed by atoms with Gasteiger partial charge in [0.05, 0.1) is 29.4 Å². The zero-order valence-corrected chi connectivity index (χ0v) is 15.2. The number of nitrogens with one attached hydrogen (secondary N) is 1. The predicted molar refractivity (Wildman–Crippen MR) is 90.3 cm³/mol. The Morgan fingerprint density at radius 2 is 2.26 bits per heavy atom. The molecule has 0 aliphatic carbocycles. The maximum absolute atomic E-state index is 12.4. The summed E-state index contributed by atoms with van der Waals surface area (Å²) in [5.74, 6) is -0.524. The second kappa shape index (κ2) is 8.21. The van der Waals surface area contributed by atoms with Crippen LogP contribution in [0.15, 0.2) is 22.2 Å². The van der Waals surface area contributed by atoms with E-state index in [9.17, 15) is 9.59 Å². The number of carbonyl (C=O) groups excluding carboxylic acids is 2. The number of aromatic nitrogens is 3. The van der Waals surface area contributed by atoms with Crippen molar-refractivity contribution in [3.05, 3.63) is 27.9 Å². The summed E-state index contributed by atoms with van der Waals surface area (Å²) in [7, 11) is 0. The molecule has 124 valence electrons. The maximum Gasteiger partial charge on any atom is 0.311 e. The lowest BCUT2D eigenvalue weighted by Crippen LogP contribution is -2.25. The van der Waals surface area contributed by atoms with Gasteiger partial charge < -0.3 is 10.1 Å². The molecule has 0 radical (unpaired) electrons. The van der Waals surface area contributed by atoms with Crippen LogP contribution in [0.1, 0.15) is 32.0 Å². The number of anilines is 1. The largest absolute Gasteiger partial charge is 0.466 e. The van der Waals surface area contributed by atoms with E-state index in [0.29, 0.717) is 23.9 Å². The van der Waals surface area contributed by atoms with Crippen LogP contribution in [0.2, 0.25) is 0 Å². The first kappa shape index (κ1) is 17.6. The lowest BCUT2D eigenvalue weighted by atomic mass is 10.2. The number of esters is 1. The van der Waals surface area contributed by atoms with Crippen molar-refractivity contribution in [3.8, 4) is 0 Å². The Morgan fingerprint density at radius 1 is 1.48 bits per heavy atom. The zero-order chi connectivity index (χ0) is 16.8. The first-order valence-corrected chi connectivity index (χ1v) is 8.81. The van der Waals surface area contributed by atoms with Gasteiger partial charge in [0, 0.05) is 11.6 Å². The highest BCUT2D eigenvalue weighted by Gasteiger charge is 2.20. The molecule has 1 atom stereocenters. The smallest absolute Gasteiger partial charge is 0.311 e. The van der Waals surface area contributed by atoms with Crippen LogP contribution >= 0.6 is 27.3 Å². The molecule has 0 spiro atoms. The number of halogens is 1. The summed E-state index contributed by atoms with van der Waals surface area (Å²) in [6.45, 7) is 4.00. The van der Waals surface area contributed by atoms with E-state index >= 15 is 0 Å². The third-order valence-electron chi connectivity index (χ3n) is 2.99. The van der Waals surface area contributed by atoms with E-state index in [1.54, 1.807) is 29.4 Å². The van der Waals surface area contributed by atoms with Gasteiger partial charge in [0.2, 0.25) is 0 Å². The first-order chi connectivity index (χ1) is 11.0. The van der Waals surface area contributed by atoms with Gasteiger partial charge in [0.15, 0.2) is 5.13 Å². The van der Waals surface area contributed by atoms with E-state index in [1.807, 2.05) is 6.92 Å². The quantitative estimate of drug-likeness (QED) is 0.722. The van der Waals surface area contributed by atoms with Crippen LogP contribution in [0.4, 0.5) is 5.13 Å². The summed E-state index contributed by atoms with van der Waals surface area (Å²) in [5, 5.41) is 9.10. The summed E-state index contributed by atoms with van der Waals surface area (Å²) in [5.41, 5.74) is 0.582. The van der Waals surface area contributed by atoms with E-state index in [-0.39, 0.29) is 18.3 Å². The summed E-state index contributed by atoms with van der Waals surface area (Å²) < 4.78 is 7.29. The molecule has 1 unspecified atom stereocenters. The van der Waals surface area contributed by atoms with Crippen molar-refractivity contribution in [1.82, 2.24) is 14.8 Å². The van der Waals surface area contributed by atoms with Crippen molar-refractivity contribution in [2.75, 3.05) is 11.9 Å². The van der Waals surface area contributed by atoms with Crippen LogP contribution in [0.5, 0.6) is 0 Å².